The Bertz CT molecular complexity index is 716. The van der Waals surface area contributed by atoms with Crippen molar-refractivity contribution in [1.82, 2.24) is 5.32 Å². The van der Waals surface area contributed by atoms with E-state index in [1.54, 1.807) is 24.3 Å². The van der Waals surface area contributed by atoms with Gasteiger partial charge in [0.05, 0.1) is 17.3 Å². The Labute approximate surface area is 153 Å². The second-order valence-corrected chi connectivity index (χ2v) is 5.90. The summed E-state index contributed by atoms with van der Waals surface area (Å²) in [5.74, 6) is -0.239. The Balaban J connectivity index is 0.00000225. The third-order valence-electron chi connectivity index (χ3n) is 4.14. The molecule has 1 fully saturated rings. The number of benzene rings is 2. The minimum Gasteiger partial charge on any atom is -0.324 e. The van der Waals surface area contributed by atoms with Crippen molar-refractivity contribution in [1.29, 1.82) is 0 Å². The van der Waals surface area contributed by atoms with Crippen LogP contribution in [0.4, 0.5) is 11.4 Å². The van der Waals surface area contributed by atoms with Crippen LogP contribution in [0.5, 0.6) is 0 Å². The number of carbonyl (C=O) groups excluding carboxylic acids is 2. The van der Waals surface area contributed by atoms with Gasteiger partial charge in [0.25, 0.3) is 5.91 Å². The largest absolute Gasteiger partial charge is 0.324 e. The van der Waals surface area contributed by atoms with E-state index in [9.17, 15) is 9.59 Å². The van der Waals surface area contributed by atoms with E-state index in [0.29, 0.717) is 23.5 Å². The van der Waals surface area contributed by atoms with Gasteiger partial charge in [0.2, 0.25) is 5.91 Å². The molecule has 0 aliphatic carbocycles. The number of carbonyl (C=O) groups is 2. The van der Waals surface area contributed by atoms with Crippen molar-refractivity contribution < 1.29 is 9.59 Å². The second-order valence-electron chi connectivity index (χ2n) is 5.90. The van der Waals surface area contributed by atoms with Crippen LogP contribution >= 0.6 is 12.4 Å². The van der Waals surface area contributed by atoms with Gasteiger partial charge in [0, 0.05) is 12.1 Å². The molecule has 2 amide bonds. The van der Waals surface area contributed by atoms with Crippen LogP contribution in [0.3, 0.4) is 0 Å². The van der Waals surface area contributed by atoms with E-state index in [0.717, 1.165) is 19.4 Å². The molecular formula is C19H22ClN3O2. The van der Waals surface area contributed by atoms with Crippen LogP contribution in [-0.2, 0) is 4.79 Å². The predicted octanol–water partition coefficient (Wildman–Crippen LogP) is 3.30. The van der Waals surface area contributed by atoms with Crippen molar-refractivity contribution in [3.05, 3.63) is 60.2 Å². The molecular weight excluding hydrogens is 338 g/mol. The summed E-state index contributed by atoms with van der Waals surface area (Å²) in [4.78, 5) is 24.7. The molecule has 5 nitrogen and oxygen atoms in total. The molecule has 1 heterocycles. The van der Waals surface area contributed by atoms with Gasteiger partial charge in [0.15, 0.2) is 0 Å². The fourth-order valence-electron chi connectivity index (χ4n) is 2.80. The van der Waals surface area contributed by atoms with E-state index in [4.69, 9.17) is 0 Å². The van der Waals surface area contributed by atoms with Crippen molar-refractivity contribution in [2.75, 3.05) is 23.7 Å². The van der Waals surface area contributed by atoms with Crippen LogP contribution < -0.4 is 16.0 Å². The van der Waals surface area contributed by atoms with E-state index in [-0.39, 0.29) is 30.1 Å². The number of halogens is 1. The average Bonchev–Trinajstić information content (AvgIpc) is 2.64. The highest BCUT2D eigenvalue weighted by molar-refractivity contribution is 6.07. The van der Waals surface area contributed by atoms with Crippen LogP contribution in [0.15, 0.2) is 54.6 Å². The molecule has 1 aliphatic rings. The number of hydrogen-bond acceptors (Lipinski definition) is 3. The molecule has 1 atom stereocenters. The lowest BCUT2D eigenvalue weighted by Gasteiger charge is -2.22. The highest BCUT2D eigenvalue weighted by Crippen LogP contribution is 2.23. The first-order valence-electron chi connectivity index (χ1n) is 8.21. The first-order valence-corrected chi connectivity index (χ1v) is 8.21. The van der Waals surface area contributed by atoms with Gasteiger partial charge < -0.3 is 16.0 Å². The zero-order chi connectivity index (χ0) is 16.8. The van der Waals surface area contributed by atoms with Gasteiger partial charge in [-0.3, -0.25) is 9.59 Å². The minimum atomic E-state index is -0.198. The number of rotatable bonds is 4. The first kappa shape index (κ1) is 19.0. The zero-order valence-corrected chi connectivity index (χ0v) is 14.6. The summed E-state index contributed by atoms with van der Waals surface area (Å²) in [5, 5.41) is 9.05. The maximum atomic E-state index is 12.4. The van der Waals surface area contributed by atoms with Gasteiger partial charge in [-0.15, -0.1) is 12.4 Å². The van der Waals surface area contributed by atoms with Crippen molar-refractivity contribution >= 4 is 35.6 Å². The summed E-state index contributed by atoms with van der Waals surface area (Å²) in [5.41, 5.74) is 1.80. The third-order valence-corrected chi connectivity index (χ3v) is 4.14. The average molecular weight is 360 g/mol. The molecule has 2 aromatic rings. The van der Waals surface area contributed by atoms with Gasteiger partial charge >= 0.3 is 0 Å². The Morgan fingerprint density at radius 3 is 2.20 bits per heavy atom. The summed E-state index contributed by atoms with van der Waals surface area (Å²) in [6, 6.07) is 16.3. The van der Waals surface area contributed by atoms with Crippen molar-refractivity contribution in [2.24, 2.45) is 5.92 Å². The summed E-state index contributed by atoms with van der Waals surface area (Å²) < 4.78 is 0. The number of hydrogen-bond donors (Lipinski definition) is 3. The van der Waals surface area contributed by atoms with E-state index in [2.05, 4.69) is 16.0 Å². The Hall–Kier alpha value is -2.37. The number of piperidine rings is 1. The molecule has 0 radical (unpaired) electrons. The summed E-state index contributed by atoms with van der Waals surface area (Å²) in [6.45, 7) is 1.66. The molecule has 132 valence electrons. The normalized spacial score (nSPS) is 16.4. The number of para-hydroxylation sites is 2. The highest BCUT2D eigenvalue weighted by atomic mass is 35.5. The van der Waals surface area contributed by atoms with Crippen LogP contribution in [0.1, 0.15) is 23.2 Å². The van der Waals surface area contributed by atoms with Gasteiger partial charge in [-0.2, -0.15) is 0 Å². The highest BCUT2D eigenvalue weighted by Gasteiger charge is 2.21. The zero-order valence-electron chi connectivity index (χ0n) is 13.8. The number of amides is 2. The van der Waals surface area contributed by atoms with E-state index in [1.165, 1.54) is 0 Å². The monoisotopic (exact) mass is 359 g/mol. The molecule has 3 rings (SSSR count). The van der Waals surface area contributed by atoms with E-state index >= 15 is 0 Å². The van der Waals surface area contributed by atoms with Crippen molar-refractivity contribution in [3.8, 4) is 0 Å². The van der Waals surface area contributed by atoms with Crippen LogP contribution in [-0.4, -0.2) is 24.9 Å². The molecule has 0 saturated carbocycles. The molecule has 6 heteroatoms. The molecule has 0 aromatic heterocycles. The Kier molecular flexibility index (Phi) is 6.98. The molecule has 1 aliphatic heterocycles. The molecule has 0 bridgehead atoms. The second kappa shape index (κ2) is 9.20. The lowest BCUT2D eigenvalue weighted by molar-refractivity contribution is -0.120. The summed E-state index contributed by atoms with van der Waals surface area (Å²) >= 11 is 0. The molecule has 2 aromatic carbocycles. The third kappa shape index (κ3) is 5.05. The van der Waals surface area contributed by atoms with E-state index < -0.39 is 0 Å². The van der Waals surface area contributed by atoms with Crippen LogP contribution in [0, 0.1) is 5.92 Å². The Morgan fingerprint density at radius 2 is 1.56 bits per heavy atom. The van der Waals surface area contributed by atoms with Gasteiger partial charge in [-0.05, 0) is 43.7 Å². The summed E-state index contributed by atoms with van der Waals surface area (Å²) in [7, 11) is 0. The van der Waals surface area contributed by atoms with Crippen molar-refractivity contribution in [3.63, 3.8) is 0 Å². The predicted molar refractivity (Wildman–Crippen MR) is 102 cm³/mol. The molecule has 1 saturated heterocycles. The molecule has 25 heavy (non-hydrogen) atoms. The number of anilines is 2. The van der Waals surface area contributed by atoms with Crippen LogP contribution in [0.25, 0.3) is 0 Å². The van der Waals surface area contributed by atoms with Crippen LogP contribution in [0.2, 0.25) is 0 Å². The standard InChI is InChI=1S/C19H21N3O2.ClH/c23-18(14-7-2-1-3-8-14)21-16-10-4-5-11-17(16)22-19(24)15-9-6-12-20-13-15;/h1-5,7-8,10-11,15,20H,6,9,12-13H2,(H,21,23)(H,22,24);1H. The fraction of sp³-hybridized carbons (Fsp3) is 0.263. The van der Waals surface area contributed by atoms with Crippen molar-refractivity contribution in [2.45, 2.75) is 12.8 Å². The van der Waals surface area contributed by atoms with Gasteiger partial charge in [-0.25, -0.2) is 0 Å². The topological polar surface area (TPSA) is 70.2 Å². The van der Waals surface area contributed by atoms with Gasteiger partial charge in [0.1, 0.15) is 0 Å². The molecule has 1 unspecified atom stereocenters. The quantitative estimate of drug-likeness (QED) is 0.784. The molecule has 0 spiro atoms. The lowest BCUT2D eigenvalue weighted by Crippen LogP contribution is -2.37. The molecule has 3 N–H and O–H groups in total. The summed E-state index contributed by atoms with van der Waals surface area (Å²) in [6.07, 6.45) is 1.89. The number of nitrogens with one attached hydrogen (secondary N) is 3. The SMILES string of the molecule is Cl.O=C(Nc1ccccc1NC(=O)C1CCCNC1)c1ccccc1. The maximum absolute atomic E-state index is 12.4. The van der Waals surface area contributed by atoms with E-state index in [1.807, 2.05) is 30.3 Å². The lowest BCUT2D eigenvalue weighted by atomic mass is 9.99. The van der Waals surface area contributed by atoms with Gasteiger partial charge in [-0.1, -0.05) is 30.3 Å². The first-order chi connectivity index (χ1) is 11.7. The smallest absolute Gasteiger partial charge is 0.255 e. The maximum Gasteiger partial charge on any atom is 0.255 e. The fourth-order valence-corrected chi connectivity index (χ4v) is 2.80. The minimum absolute atomic E-state index is 0. The Morgan fingerprint density at radius 1 is 0.920 bits per heavy atom.